The maximum absolute atomic E-state index is 11.9. The molecule has 0 unspecified atom stereocenters. The molecule has 112 valence electrons. The van der Waals surface area contributed by atoms with E-state index in [-0.39, 0.29) is 5.91 Å². The Morgan fingerprint density at radius 2 is 2.20 bits per heavy atom. The lowest BCUT2D eigenvalue weighted by Gasteiger charge is -2.21. The van der Waals surface area contributed by atoms with Crippen LogP contribution in [-0.2, 0) is 11.2 Å². The van der Waals surface area contributed by atoms with Crippen LogP contribution in [0.25, 0.3) is 0 Å². The van der Waals surface area contributed by atoms with Crippen molar-refractivity contribution in [1.82, 2.24) is 15.5 Å². The highest BCUT2D eigenvalue weighted by molar-refractivity contribution is 7.15. The minimum absolute atomic E-state index is 0.0710. The number of unbranched alkanes of at least 4 members (excludes halogenated alkanes) is 1. The Hall–Kier alpha value is -1.01. The van der Waals surface area contributed by atoms with Gasteiger partial charge in [0.1, 0.15) is 5.01 Å². The van der Waals surface area contributed by atoms with Crippen LogP contribution in [0.5, 0.6) is 0 Å². The van der Waals surface area contributed by atoms with Gasteiger partial charge in [-0.3, -0.25) is 4.79 Å². The van der Waals surface area contributed by atoms with Gasteiger partial charge >= 0.3 is 0 Å². The molecule has 5 nitrogen and oxygen atoms in total. The van der Waals surface area contributed by atoms with Crippen LogP contribution in [-0.4, -0.2) is 29.2 Å². The van der Waals surface area contributed by atoms with Gasteiger partial charge < -0.3 is 10.6 Å². The minimum atomic E-state index is 0.0710. The average Bonchev–Trinajstić information content (AvgIpc) is 2.91. The second-order valence-electron chi connectivity index (χ2n) is 5.38. The summed E-state index contributed by atoms with van der Waals surface area (Å²) in [5, 5.41) is 16.0. The molecule has 1 aromatic heterocycles. The Morgan fingerprint density at radius 3 is 2.95 bits per heavy atom. The average molecular weight is 296 g/mol. The largest absolute Gasteiger partial charge is 0.317 e. The summed E-state index contributed by atoms with van der Waals surface area (Å²) in [6, 6.07) is 0. The number of aryl methyl sites for hydroxylation is 1. The standard InChI is InChI=1S/C14H24N4OS/c1-2-3-4-13-17-18-14(20-13)16-12(19)6-5-11-7-9-15-10-8-11/h11,15H,2-10H2,1H3,(H,16,18,19). The smallest absolute Gasteiger partial charge is 0.226 e. The van der Waals surface area contributed by atoms with E-state index in [1.54, 1.807) is 0 Å². The van der Waals surface area contributed by atoms with E-state index in [9.17, 15) is 4.79 Å². The van der Waals surface area contributed by atoms with Crippen LogP contribution in [0.4, 0.5) is 5.13 Å². The van der Waals surface area contributed by atoms with Crippen LogP contribution in [0.15, 0.2) is 0 Å². The molecule has 1 aromatic rings. The van der Waals surface area contributed by atoms with Crippen LogP contribution in [0, 0.1) is 5.92 Å². The molecule has 1 aliphatic rings. The van der Waals surface area contributed by atoms with Gasteiger partial charge in [0, 0.05) is 12.8 Å². The van der Waals surface area contributed by atoms with Crippen molar-refractivity contribution in [3.63, 3.8) is 0 Å². The van der Waals surface area contributed by atoms with Gasteiger partial charge in [-0.05, 0) is 44.7 Å². The monoisotopic (exact) mass is 296 g/mol. The lowest BCUT2D eigenvalue weighted by molar-refractivity contribution is -0.116. The van der Waals surface area contributed by atoms with E-state index < -0.39 is 0 Å². The van der Waals surface area contributed by atoms with Crippen LogP contribution >= 0.6 is 11.3 Å². The quantitative estimate of drug-likeness (QED) is 0.811. The third-order valence-corrected chi connectivity index (χ3v) is 4.59. The summed E-state index contributed by atoms with van der Waals surface area (Å²) in [5.41, 5.74) is 0. The van der Waals surface area contributed by atoms with Crippen molar-refractivity contribution < 1.29 is 4.79 Å². The fraction of sp³-hybridized carbons (Fsp3) is 0.786. The molecule has 0 radical (unpaired) electrons. The van der Waals surface area contributed by atoms with Crippen molar-refractivity contribution in [3.8, 4) is 0 Å². The zero-order valence-electron chi connectivity index (χ0n) is 12.2. The molecule has 20 heavy (non-hydrogen) atoms. The number of hydrogen-bond acceptors (Lipinski definition) is 5. The first-order valence-electron chi connectivity index (χ1n) is 7.61. The molecule has 2 rings (SSSR count). The van der Waals surface area contributed by atoms with Crippen molar-refractivity contribution in [2.45, 2.75) is 51.9 Å². The van der Waals surface area contributed by atoms with Crippen LogP contribution in [0.2, 0.25) is 0 Å². The number of anilines is 1. The highest BCUT2D eigenvalue weighted by atomic mass is 32.1. The predicted octanol–water partition coefficient (Wildman–Crippen LogP) is 2.60. The number of aromatic nitrogens is 2. The molecule has 0 aliphatic carbocycles. The molecule has 0 aromatic carbocycles. The highest BCUT2D eigenvalue weighted by Gasteiger charge is 2.15. The second-order valence-corrected chi connectivity index (χ2v) is 6.45. The zero-order chi connectivity index (χ0) is 14.2. The maximum atomic E-state index is 11.9. The van der Waals surface area contributed by atoms with Crippen LogP contribution < -0.4 is 10.6 Å². The third-order valence-electron chi connectivity index (χ3n) is 3.70. The number of carbonyl (C=O) groups excluding carboxylic acids is 1. The Bertz CT molecular complexity index is 415. The number of hydrogen-bond donors (Lipinski definition) is 2. The molecule has 1 aliphatic heterocycles. The summed E-state index contributed by atoms with van der Waals surface area (Å²) < 4.78 is 0. The lowest BCUT2D eigenvalue weighted by Crippen LogP contribution is -2.28. The fourth-order valence-electron chi connectivity index (χ4n) is 2.42. The summed E-state index contributed by atoms with van der Waals surface area (Å²) >= 11 is 1.50. The molecule has 6 heteroatoms. The topological polar surface area (TPSA) is 66.9 Å². The Labute approximate surface area is 124 Å². The second kappa shape index (κ2) is 8.32. The maximum Gasteiger partial charge on any atom is 0.226 e. The summed E-state index contributed by atoms with van der Waals surface area (Å²) in [4.78, 5) is 11.9. The van der Waals surface area contributed by atoms with Crippen molar-refractivity contribution in [2.75, 3.05) is 18.4 Å². The first-order chi connectivity index (χ1) is 9.78. The van der Waals surface area contributed by atoms with E-state index in [2.05, 4.69) is 27.8 Å². The van der Waals surface area contributed by atoms with Gasteiger partial charge in [-0.2, -0.15) is 0 Å². The SMILES string of the molecule is CCCCc1nnc(NC(=O)CCC2CCNCC2)s1. The van der Waals surface area contributed by atoms with E-state index in [1.165, 1.54) is 24.2 Å². The first kappa shape index (κ1) is 15.4. The normalized spacial score (nSPS) is 16.2. The Balaban J connectivity index is 1.69. The molecule has 1 amide bonds. The van der Waals surface area contributed by atoms with Gasteiger partial charge in [-0.25, -0.2) is 0 Å². The number of piperidine rings is 1. The minimum Gasteiger partial charge on any atom is -0.317 e. The van der Waals surface area contributed by atoms with Gasteiger partial charge in [0.05, 0.1) is 0 Å². The number of nitrogens with zero attached hydrogens (tertiary/aromatic N) is 2. The molecule has 0 atom stereocenters. The highest BCUT2D eigenvalue weighted by Crippen LogP contribution is 2.20. The molecule has 1 fully saturated rings. The Kier molecular flexibility index (Phi) is 6.39. The van der Waals surface area contributed by atoms with E-state index in [1.807, 2.05) is 0 Å². The van der Waals surface area contributed by atoms with E-state index in [4.69, 9.17) is 0 Å². The Morgan fingerprint density at radius 1 is 1.40 bits per heavy atom. The molecule has 0 spiro atoms. The van der Waals surface area contributed by atoms with Gasteiger partial charge in [0.25, 0.3) is 0 Å². The first-order valence-corrected chi connectivity index (χ1v) is 8.42. The van der Waals surface area contributed by atoms with Gasteiger partial charge in [-0.15, -0.1) is 10.2 Å². The van der Waals surface area contributed by atoms with Crippen molar-refractivity contribution in [3.05, 3.63) is 5.01 Å². The van der Waals surface area contributed by atoms with Gasteiger partial charge in [0.15, 0.2) is 0 Å². The molecule has 2 N–H and O–H groups in total. The number of amides is 1. The van der Waals surface area contributed by atoms with Crippen molar-refractivity contribution >= 4 is 22.4 Å². The zero-order valence-corrected chi connectivity index (χ0v) is 13.0. The van der Waals surface area contributed by atoms with Gasteiger partial charge in [-0.1, -0.05) is 24.7 Å². The van der Waals surface area contributed by atoms with Crippen LogP contribution in [0.1, 0.15) is 50.5 Å². The summed E-state index contributed by atoms with van der Waals surface area (Å²) in [6.45, 7) is 4.33. The molecule has 0 saturated carbocycles. The van der Waals surface area contributed by atoms with E-state index in [0.717, 1.165) is 43.8 Å². The molecule has 0 bridgehead atoms. The summed E-state index contributed by atoms with van der Waals surface area (Å²) in [6.07, 6.45) is 7.18. The lowest BCUT2D eigenvalue weighted by atomic mass is 9.93. The van der Waals surface area contributed by atoms with Crippen LogP contribution in [0.3, 0.4) is 0 Å². The molecular weight excluding hydrogens is 272 g/mol. The fourth-order valence-corrected chi connectivity index (χ4v) is 3.22. The van der Waals surface area contributed by atoms with E-state index in [0.29, 0.717) is 17.5 Å². The van der Waals surface area contributed by atoms with Crippen molar-refractivity contribution in [1.29, 1.82) is 0 Å². The summed E-state index contributed by atoms with van der Waals surface area (Å²) in [5.74, 6) is 0.762. The predicted molar refractivity (Wildman–Crippen MR) is 82.0 cm³/mol. The molecular formula is C14H24N4OS. The van der Waals surface area contributed by atoms with E-state index >= 15 is 0 Å². The molecule has 2 heterocycles. The number of rotatable bonds is 7. The van der Waals surface area contributed by atoms with Gasteiger partial charge in [0.2, 0.25) is 11.0 Å². The summed E-state index contributed by atoms with van der Waals surface area (Å²) in [7, 11) is 0. The number of carbonyl (C=O) groups is 1. The molecule has 1 saturated heterocycles. The third kappa shape index (κ3) is 5.17. The van der Waals surface area contributed by atoms with Crippen molar-refractivity contribution in [2.24, 2.45) is 5.92 Å². The number of nitrogens with one attached hydrogen (secondary N) is 2.